The minimum Gasteiger partial charge on any atom is -0.383 e. The zero-order valence-corrected chi connectivity index (χ0v) is 9.95. The highest BCUT2D eigenvalue weighted by Crippen LogP contribution is 2.23. The van der Waals surface area contributed by atoms with E-state index in [1.165, 1.54) is 0 Å². The van der Waals surface area contributed by atoms with Crippen LogP contribution in [-0.2, 0) is 4.74 Å². The highest BCUT2D eigenvalue weighted by atomic mass is 35.5. The number of anilines is 1. The molecule has 0 fully saturated rings. The molecule has 2 rings (SSSR count). The Morgan fingerprint density at radius 3 is 3.12 bits per heavy atom. The number of fused-ring (bicyclic) bond motifs is 1. The van der Waals surface area contributed by atoms with Gasteiger partial charge >= 0.3 is 0 Å². The summed E-state index contributed by atoms with van der Waals surface area (Å²) in [5.74, 6) is 0.858. The Balaban J connectivity index is 2.31. The van der Waals surface area contributed by atoms with E-state index in [-0.39, 0.29) is 0 Å². The highest BCUT2D eigenvalue weighted by Gasteiger charge is 2.10. The molecule has 0 unspecified atom stereocenters. The summed E-state index contributed by atoms with van der Waals surface area (Å²) in [5.41, 5.74) is 0.888. The Morgan fingerprint density at radius 1 is 1.56 bits per heavy atom. The summed E-state index contributed by atoms with van der Waals surface area (Å²) < 4.78 is 5.03. The second kappa shape index (κ2) is 4.67. The molecule has 6 heteroatoms. The number of H-pyrrole nitrogens is 1. The van der Waals surface area contributed by atoms with E-state index < -0.39 is 0 Å². The van der Waals surface area contributed by atoms with Gasteiger partial charge in [0, 0.05) is 33.0 Å². The lowest BCUT2D eigenvalue weighted by Crippen LogP contribution is -2.22. The summed E-state index contributed by atoms with van der Waals surface area (Å²) in [6.45, 7) is 1.44. The van der Waals surface area contributed by atoms with E-state index in [1.54, 1.807) is 19.4 Å². The molecular formula is C10H13ClN4O. The molecule has 0 amide bonds. The Bertz CT molecular complexity index is 485. The lowest BCUT2D eigenvalue weighted by atomic mass is 10.3. The number of aromatic nitrogens is 3. The van der Waals surface area contributed by atoms with Gasteiger partial charge in [0.2, 0.25) is 0 Å². The van der Waals surface area contributed by atoms with Crippen LogP contribution in [0.3, 0.4) is 0 Å². The first-order chi connectivity index (χ1) is 7.72. The van der Waals surface area contributed by atoms with Crippen LogP contribution in [0.25, 0.3) is 10.9 Å². The van der Waals surface area contributed by atoms with Gasteiger partial charge in [0.25, 0.3) is 0 Å². The molecule has 5 nitrogen and oxygen atoms in total. The fraction of sp³-hybridized carbons (Fsp3) is 0.400. The molecule has 0 aromatic carbocycles. The minimum absolute atomic E-state index is 0.460. The lowest BCUT2D eigenvalue weighted by molar-refractivity contribution is 0.206. The Labute approximate surface area is 98.4 Å². The fourth-order valence-corrected chi connectivity index (χ4v) is 1.66. The molecule has 86 valence electrons. The normalized spacial score (nSPS) is 10.9. The van der Waals surface area contributed by atoms with Crippen molar-refractivity contribution in [2.75, 3.05) is 32.2 Å². The zero-order valence-electron chi connectivity index (χ0n) is 9.20. The van der Waals surface area contributed by atoms with Crippen LogP contribution in [0.4, 0.5) is 5.82 Å². The van der Waals surface area contributed by atoms with Gasteiger partial charge in [0.15, 0.2) is 5.82 Å². The molecule has 0 bridgehead atoms. The summed E-state index contributed by atoms with van der Waals surface area (Å²) in [4.78, 5) is 6.06. The molecule has 2 aromatic rings. The maximum Gasteiger partial charge on any atom is 0.159 e. The lowest BCUT2D eigenvalue weighted by Gasteiger charge is -2.15. The Hall–Kier alpha value is -1.33. The van der Waals surface area contributed by atoms with Crippen molar-refractivity contribution < 1.29 is 4.74 Å². The number of hydrogen-bond acceptors (Lipinski definition) is 4. The average Bonchev–Trinajstić information content (AvgIpc) is 2.68. The van der Waals surface area contributed by atoms with Crippen LogP contribution in [0, 0.1) is 0 Å². The molecule has 2 heterocycles. The maximum atomic E-state index is 5.80. The van der Waals surface area contributed by atoms with E-state index in [0.717, 1.165) is 23.3 Å². The van der Waals surface area contributed by atoms with Gasteiger partial charge in [-0.3, -0.25) is 5.10 Å². The molecular weight excluding hydrogens is 228 g/mol. The van der Waals surface area contributed by atoms with E-state index >= 15 is 0 Å². The number of halogens is 1. The predicted octanol–water partition coefficient (Wildman–Crippen LogP) is 1.69. The summed E-state index contributed by atoms with van der Waals surface area (Å²) in [6, 6.07) is 1.76. The van der Waals surface area contributed by atoms with E-state index in [4.69, 9.17) is 16.3 Å². The van der Waals surface area contributed by atoms with Crippen molar-refractivity contribution in [3.8, 4) is 0 Å². The number of likely N-dealkylation sites (N-methyl/N-ethyl adjacent to an activating group) is 1. The molecule has 16 heavy (non-hydrogen) atoms. The van der Waals surface area contributed by atoms with Crippen molar-refractivity contribution in [2.45, 2.75) is 0 Å². The first kappa shape index (κ1) is 11.2. The summed E-state index contributed by atoms with van der Waals surface area (Å²) in [5, 5.41) is 8.59. The van der Waals surface area contributed by atoms with Crippen molar-refractivity contribution in [1.82, 2.24) is 15.2 Å². The molecule has 0 radical (unpaired) electrons. The van der Waals surface area contributed by atoms with Gasteiger partial charge in [-0.1, -0.05) is 11.6 Å². The first-order valence-corrected chi connectivity index (χ1v) is 5.30. The third kappa shape index (κ3) is 2.10. The van der Waals surface area contributed by atoms with E-state index in [2.05, 4.69) is 15.2 Å². The molecule has 0 aliphatic heterocycles. The molecule has 0 saturated heterocycles. The largest absolute Gasteiger partial charge is 0.383 e. The quantitative estimate of drug-likeness (QED) is 0.827. The van der Waals surface area contributed by atoms with Gasteiger partial charge < -0.3 is 9.64 Å². The predicted molar refractivity (Wildman–Crippen MR) is 64.0 cm³/mol. The molecule has 2 aromatic heterocycles. The maximum absolute atomic E-state index is 5.80. The number of nitrogens with one attached hydrogen (secondary N) is 1. The van der Waals surface area contributed by atoms with Gasteiger partial charge in [-0.05, 0) is 0 Å². The van der Waals surface area contributed by atoms with E-state index in [0.29, 0.717) is 11.8 Å². The molecule has 0 aliphatic carbocycles. The fourth-order valence-electron chi connectivity index (χ4n) is 1.50. The van der Waals surface area contributed by atoms with Gasteiger partial charge in [-0.2, -0.15) is 5.10 Å². The monoisotopic (exact) mass is 240 g/mol. The van der Waals surface area contributed by atoms with Crippen LogP contribution in [0.2, 0.25) is 5.15 Å². The Kier molecular flexibility index (Phi) is 3.26. The Morgan fingerprint density at radius 2 is 2.38 bits per heavy atom. The minimum atomic E-state index is 0.460. The number of ether oxygens (including phenoxy) is 1. The third-order valence-electron chi connectivity index (χ3n) is 2.39. The topological polar surface area (TPSA) is 54.0 Å². The first-order valence-electron chi connectivity index (χ1n) is 4.92. The number of nitrogens with zero attached hydrogens (tertiary/aromatic N) is 3. The van der Waals surface area contributed by atoms with Gasteiger partial charge in [0.1, 0.15) is 5.15 Å². The zero-order chi connectivity index (χ0) is 11.5. The summed E-state index contributed by atoms with van der Waals surface area (Å²) in [6.07, 6.45) is 1.72. The van der Waals surface area contributed by atoms with Crippen LogP contribution in [0.15, 0.2) is 12.3 Å². The molecule has 0 aliphatic rings. The average molecular weight is 241 g/mol. The number of methoxy groups -OCH3 is 1. The van der Waals surface area contributed by atoms with Crippen LogP contribution in [0.5, 0.6) is 0 Å². The summed E-state index contributed by atoms with van der Waals surface area (Å²) >= 11 is 5.80. The highest BCUT2D eigenvalue weighted by molar-refractivity contribution is 6.30. The number of rotatable bonds is 4. The molecule has 1 N–H and O–H groups in total. The van der Waals surface area contributed by atoms with Crippen LogP contribution in [-0.4, -0.2) is 42.5 Å². The molecule has 0 atom stereocenters. The van der Waals surface area contributed by atoms with Crippen molar-refractivity contribution in [2.24, 2.45) is 0 Å². The van der Waals surface area contributed by atoms with Crippen molar-refractivity contribution in [1.29, 1.82) is 0 Å². The third-order valence-corrected chi connectivity index (χ3v) is 2.59. The molecule has 0 spiro atoms. The number of hydrogen-bond donors (Lipinski definition) is 1. The van der Waals surface area contributed by atoms with Crippen LogP contribution < -0.4 is 4.90 Å². The van der Waals surface area contributed by atoms with Gasteiger partial charge in [-0.25, -0.2) is 4.98 Å². The summed E-state index contributed by atoms with van der Waals surface area (Å²) in [7, 11) is 3.64. The van der Waals surface area contributed by atoms with Crippen LogP contribution in [0.1, 0.15) is 0 Å². The van der Waals surface area contributed by atoms with Crippen molar-refractivity contribution in [3.63, 3.8) is 0 Å². The van der Waals surface area contributed by atoms with Crippen molar-refractivity contribution in [3.05, 3.63) is 17.4 Å². The van der Waals surface area contributed by atoms with Crippen molar-refractivity contribution >= 4 is 28.3 Å². The SMILES string of the molecule is COCCN(C)c1n[nH]c2cc(Cl)ncc12. The van der Waals surface area contributed by atoms with Gasteiger partial charge in [0.05, 0.1) is 17.5 Å². The van der Waals surface area contributed by atoms with E-state index in [1.807, 2.05) is 11.9 Å². The number of aromatic amines is 1. The molecule has 0 saturated carbocycles. The second-order valence-corrected chi connectivity index (χ2v) is 3.90. The smallest absolute Gasteiger partial charge is 0.159 e. The van der Waals surface area contributed by atoms with E-state index in [9.17, 15) is 0 Å². The van der Waals surface area contributed by atoms with Gasteiger partial charge in [-0.15, -0.1) is 0 Å². The van der Waals surface area contributed by atoms with Crippen LogP contribution >= 0.6 is 11.6 Å². The number of pyridine rings is 1. The second-order valence-electron chi connectivity index (χ2n) is 3.51. The standard InChI is InChI=1S/C10H13ClN4O/c1-15(3-4-16-2)10-7-6-12-9(11)5-8(7)13-14-10/h5-6H,3-4H2,1-2H3,(H,13,14).